The van der Waals surface area contributed by atoms with Crippen molar-refractivity contribution in [2.24, 2.45) is 0 Å². The van der Waals surface area contributed by atoms with Crippen LogP contribution < -0.4 is 9.80 Å². The number of rotatable bonds is 4. The summed E-state index contributed by atoms with van der Waals surface area (Å²) < 4.78 is 14.8. The van der Waals surface area contributed by atoms with E-state index < -0.39 is 0 Å². The number of halogens is 1. The molecule has 0 aliphatic carbocycles. The molecule has 3 aromatic heterocycles. The summed E-state index contributed by atoms with van der Waals surface area (Å²) >= 11 is 0. The lowest BCUT2D eigenvalue weighted by Gasteiger charge is -2.27. The number of tetrazole rings is 1. The highest BCUT2D eigenvalue weighted by Crippen LogP contribution is 2.30. The molecule has 0 radical (unpaired) electrons. The number of anilines is 2. The molecule has 0 unspecified atom stereocenters. The van der Waals surface area contributed by atoms with Gasteiger partial charge in [0, 0.05) is 37.9 Å². The molecule has 0 amide bonds. The fraction of sp³-hybridized carbons (Fsp3) is 0.278. The molecular weight excluding hydrogens is 361 g/mol. The Morgan fingerprint density at radius 1 is 1.25 bits per heavy atom. The molecule has 1 saturated heterocycles. The van der Waals surface area contributed by atoms with Crippen LogP contribution >= 0.6 is 0 Å². The Kier molecular flexibility index (Phi) is 3.89. The van der Waals surface area contributed by atoms with Crippen LogP contribution in [0.15, 0.2) is 36.8 Å². The lowest BCUT2D eigenvalue weighted by Crippen LogP contribution is -2.35. The Hall–Kier alpha value is -3.56. The smallest absolute Gasteiger partial charge is 0.204 e. The Labute approximate surface area is 159 Å². The fourth-order valence-corrected chi connectivity index (χ4v) is 3.77. The molecule has 1 aliphatic rings. The largest absolute Gasteiger partial charge is 0.367 e. The van der Waals surface area contributed by atoms with Crippen molar-refractivity contribution in [2.75, 3.05) is 29.9 Å². The minimum Gasteiger partial charge on any atom is -0.367 e. The first-order valence-electron chi connectivity index (χ1n) is 9.00. The maximum Gasteiger partial charge on any atom is 0.204 e. The van der Waals surface area contributed by atoms with Crippen LogP contribution in [-0.2, 0) is 0 Å². The van der Waals surface area contributed by atoms with Gasteiger partial charge in [-0.1, -0.05) is 0 Å². The van der Waals surface area contributed by atoms with E-state index in [0.717, 1.165) is 36.4 Å². The van der Waals surface area contributed by atoms with Crippen LogP contribution in [-0.4, -0.2) is 61.8 Å². The van der Waals surface area contributed by atoms with Crippen molar-refractivity contribution in [3.05, 3.63) is 42.6 Å². The van der Waals surface area contributed by atoms with E-state index in [9.17, 15) is 4.39 Å². The van der Waals surface area contributed by atoms with Crippen LogP contribution in [0.4, 0.5) is 15.9 Å². The molecule has 4 heterocycles. The SMILES string of the molecule is CN(c1ccc(-c2nn[nH]n2)cc1F)[C@@H]1CCN(c2ncnc3[nH]ccc23)C1. The zero-order valence-corrected chi connectivity index (χ0v) is 15.2. The number of fused-ring (bicyclic) bond motifs is 1. The van der Waals surface area contributed by atoms with Crippen molar-refractivity contribution in [3.8, 4) is 11.4 Å². The van der Waals surface area contributed by atoms with Crippen molar-refractivity contribution in [1.82, 2.24) is 35.6 Å². The third kappa shape index (κ3) is 2.73. The second-order valence-corrected chi connectivity index (χ2v) is 6.84. The molecule has 4 aromatic rings. The Balaban J connectivity index is 1.37. The van der Waals surface area contributed by atoms with Gasteiger partial charge >= 0.3 is 0 Å². The van der Waals surface area contributed by atoms with Gasteiger partial charge in [-0.05, 0) is 35.9 Å². The highest BCUT2D eigenvalue weighted by molar-refractivity contribution is 5.87. The van der Waals surface area contributed by atoms with Gasteiger partial charge in [-0.2, -0.15) is 5.21 Å². The molecule has 0 saturated carbocycles. The molecule has 1 aliphatic heterocycles. The van der Waals surface area contributed by atoms with Gasteiger partial charge in [-0.3, -0.25) is 0 Å². The van der Waals surface area contributed by atoms with E-state index in [2.05, 4.69) is 40.5 Å². The van der Waals surface area contributed by atoms with Gasteiger partial charge in [0.05, 0.1) is 11.1 Å². The van der Waals surface area contributed by atoms with Gasteiger partial charge in [0.1, 0.15) is 23.6 Å². The second kappa shape index (κ2) is 6.55. The van der Waals surface area contributed by atoms with E-state index >= 15 is 0 Å². The molecule has 2 N–H and O–H groups in total. The number of hydrogen-bond acceptors (Lipinski definition) is 7. The number of aromatic amines is 2. The minimum absolute atomic E-state index is 0.175. The van der Waals surface area contributed by atoms with Crippen LogP contribution in [0.5, 0.6) is 0 Å². The molecule has 5 rings (SSSR count). The molecule has 10 heteroatoms. The first kappa shape index (κ1) is 16.6. The third-order valence-electron chi connectivity index (χ3n) is 5.27. The van der Waals surface area contributed by atoms with Crippen molar-refractivity contribution in [2.45, 2.75) is 12.5 Å². The van der Waals surface area contributed by atoms with Crippen LogP contribution in [0.3, 0.4) is 0 Å². The average Bonchev–Trinajstić information content (AvgIpc) is 3.48. The van der Waals surface area contributed by atoms with Crippen molar-refractivity contribution >= 4 is 22.5 Å². The van der Waals surface area contributed by atoms with E-state index in [1.54, 1.807) is 18.5 Å². The van der Waals surface area contributed by atoms with Crippen molar-refractivity contribution in [1.29, 1.82) is 0 Å². The monoisotopic (exact) mass is 379 g/mol. The molecular formula is C18H18FN9. The summed E-state index contributed by atoms with van der Waals surface area (Å²) in [6.45, 7) is 1.62. The summed E-state index contributed by atoms with van der Waals surface area (Å²) in [7, 11) is 1.92. The quantitative estimate of drug-likeness (QED) is 0.559. The third-order valence-corrected chi connectivity index (χ3v) is 5.27. The summed E-state index contributed by atoms with van der Waals surface area (Å²) in [6.07, 6.45) is 4.35. The number of H-pyrrole nitrogens is 2. The van der Waals surface area contributed by atoms with Gasteiger partial charge in [0.15, 0.2) is 0 Å². The van der Waals surface area contributed by atoms with Gasteiger partial charge in [-0.15, -0.1) is 10.2 Å². The van der Waals surface area contributed by atoms with Crippen LogP contribution in [0.2, 0.25) is 0 Å². The molecule has 1 atom stereocenters. The predicted molar refractivity (Wildman–Crippen MR) is 102 cm³/mol. The Morgan fingerprint density at radius 2 is 2.18 bits per heavy atom. The number of aromatic nitrogens is 7. The maximum absolute atomic E-state index is 14.8. The second-order valence-electron chi connectivity index (χ2n) is 6.84. The topological polar surface area (TPSA) is 103 Å². The van der Waals surface area contributed by atoms with E-state index in [4.69, 9.17) is 0 Å². The van der Waals surface area contributed by atoms with Gasteiger partial charge in [0.2, 0.25) is 5.82 Å². The zero-order valence-electron chi connectivity index (χ0n) is 15.2. The van der Waals surface area contributed by atoms with Crippen LogP contribution in [0.25, 0.3) is 22.4 Å². The zero-order chi connectivity index (χ0) is 19.1. The predicted octanol–water partition coefficient (Wildman–Crippen LogP) is 1.99. The number of likely N-dealkylation sites (N-methyl/N-ethyl adjacent to an activating group) is 1. The summed E-state index contributed by atoms with van der Waals surface area (Å²) in [5, 5.41) is 14.7. The maximum atomic E-state index is 14.8. The molecule has 28 heavy (non-hydrogen) atoms. The lowest BCUT2D eigenvalue weighted by molar-refractivity contribution is 0.606. The number of nitrogens with zero attached hydrogens (tertiary/aromatic N) is 7. The van der Waals surface area contributed by atoms with E-state index in [0.29, 0.717) is 17.1 Å². The molecule has 0 bridgehead atoms. The van der Waals surface area contributed by atoms with Crippen LogP contribution in [0.1, 0.15) is 6.42 Å². The fourth-order valence-electron chi connectivity index (χ4n) is 3.77. The highest BCUT2D eigenvalue weighted by atomic mass is 19.1. The Morgan fingerprint density at radius 3 is 3.00 bits per heavy atom. The molecule has 9 nitrogen and oxygen atoms in total. The Bertz CT molecular complexity index is 1110. The average molecular weight is 379 g/mol. The van der Waals surface area contributed by atoms with Gasteiger partial charge < -0.3 is 14.8 Å². The number of nitrogens with one attached hydrogen (secondary N) is 2. The van der Waals surface area contributed by atoms with E-state index in [-0.39, 0.29) is 11.9 Å². The van der Waals surface area contributed by atoms with E-state index in [1.807, 2.05) is 24.2 Å². The molecule has 1 fully saturated rings. The normalized spacial score (nSPS) is 16.8. The minimum atomic E-state index is -0.307. The standard InChI is InChI=1S/C18H18FN9/c1-27(15-3-2-11(8-14(15)19)16-23-25-26-24-16)12-5-7-28(9-12)18-13-4-6-20-17(13)21-10-22-18/h2-4,6,8,10,12H,5,7,9H2,1H3,(H,20,21,22)(H,23,24,25,26)/t12-/m1/s1. The molecule has 1 aromatic carbocycles. The van der Waals surface area contributed by atoms with Gasteiger partial charge in [0.25, 0.3) is 0 Å². The molecule has 142 valence electrons. The van der Waals surface area contributed by atoms with E-state index in [1.165, 1.54) is 6.07 Å². The summed E-state index contributed by atoms with van der Waals surface area (Å²) in [6, 6.07) is 7.17. The van der Waals surface area contributed by atoms with Gasteiger partial charge in [-0.25, -0.2) is 14.4 Å². The highest BCUT2D eigenvalue weighted by Gasteiger charge is 2.29. The molecule has 0 spiro atoms. The number of hydrogen-bond donors (Lipinski definition) is 2. The van der Waals surface area contributed by atoms with Crippen molar-refractivity contribution in [3.63, 3.8) is 0 Å². The first-order chi connectivity index (χ1) is 13.7. The first-order valence-corrected chi connectivity index (χ1v) is 9.00. The lowest BCUT2D eigenvalue weighted by atomic mass is 10.1. The summed E-state index contributed by atoms with van der Waals surface area (Å²) in [4.78, 5) is 16.0. The van der Waals surface area contributed by atoms with Crippen molar-refractivity contribution < 1.29 is 4.39 Å². The van der Waals surface area contributed by atoms with Crippen LogP contribution in [0, 0.1) is 5.82 Å². The number of benzene rings is 1. The summed E-state index contributed by atoms with van der Waals surface area (Å²) in [5.41, 5.74) is 1.96. The summed E-state index contributed by atoms with van der Waals surface area (Å²) in [5.74, 6) is 0.979.